The predicted molar refractivity (Wildman–Crippen MR) is 306 cm³/mol. The number of carbonyl (C=O) groups is 2. The number of carbonyl (C=O) groups excluding carboxylic acids is 2. The van der Waals surface area contributed by atoms with E-state index in [1.165, 1.54) is 263 Å². The molecule has 6 nitrogen and oxygen atoms in total. The lowest BCUT2D eigenvalue weighted by Gasteiger charge is -2.22. The number of hydrogen-bond acceptors (Lipinski definition) is 5. The molecule has 0 rings (SSSR count). The molecule has 0 aromatic rings. The Balaban J connectivity index is 3.34. The third kappa shape index (κ3) is 55.7. The van der Waals surface area contributed by atoms with Gasteiger partial charge in [0.1, 0.15) is 0 Å². The maximum atomic E-state index is 12.4. The van der Waals surface area contributed by atoms with E-state index in [4.69, 9.17) is 4.74 Å². The highest BCUT2D eigenvalue weighted by Gasteiger charge is 2.20. The third-order valence-electron chi connectivity index (χ3n) is 14.8. The minimum Gasteiger partial charge on any atom is -0.466 e. The maximum Gasteiger partial charge on any atom is 0.305 e. The summed E-state index contributed by atoms with van der Waals surface area (Å²) in [6.07, 6.45) is 73.4. The summed E-state index contributed by atoms with van der Waals surface area (Å²) < 4.78 is 5.50. The van der Waals surface area contributed by atoms with E-state index in [1.54, 1.807) is 0 Å². The highest BCUT2D eigenvalue weighted by Crippen LogP contribution is 2.18. The molecule has 2 atom stereocenters. The van der Waals surface area contributed by atoms with E-state index in [9.17, 15) is 19.8 Å². The van der Waals surface area contributed by atoms with Gasteiger partial charge >= 0.3 is 5.97 Å². The van der Waals surface area contributed by atoms with Crippen molar-refractivity contribution in [1.82, 2.24) is 5.32 Å². The zero-order valence-electron chi connectivity index (χ0n) is 47.3. The average molecular weight is 987 g/mol. The van der Waals surface area contributed by atoms with Gasteiger partial charge in [0, 0.05) is 12.8 Å². The summed E-state index contributed by atoms with van der Waals surface area (Å²) in [5, 5.41) is 23.2. The number of rotatable bonds is 59. The number of esters is 1. The summed E-state index contributed by atoms with van der Waals surface area (Å²) in [6, 6.07) is -0.539. The van der Waals surface area contributed by atoms with Gasteiger partial charge in [0.05, 0.1) is 25.4 Å². The smallest absolute Gasteiger partial charge is 0.305 e. The summed E-state index contributed by atoms with van der Waals surface area (Å²) in [5.74, 6) is -0.0253. The maximum absolute atomic E-state index is 12.4. The first-order valence-corrected chi connectivity index (χ1v) is 31.6. The second-order valence-electron chi connectivity index (χ2n) is 21.7. The SMILES string of the molecule is CCCCCC/C=C\C/C=C\CCCCCCCCCC(=O)OCCCCCCCCCCCCCCCCCCCCCCCCCCC(=O)NC(CO)C(O)CCCCCCCCCCCCC. The van der Waals surface area contributed by atoms with Gasteiger partial charge < -0.3 is 20.3 Å². The number of nitrogens with one attached hydrogen (secondary N) is 1. The van der Waals surface area contributed by atoms with Crippen molar-refractivity contribution in [2.24, 2.45) is 0 Å². The second-order valence-corrected chi connectivity index (χ2v) is 21.7. The van der Waals surface area contributed by atoms with Crippen LogP contribution in [0, 0.1) is 0 Å². The lowest BCUT2D eigenvalue weighted by Crippen LogP contribution is -2.45. The van der Waals surface area contributed by atoms with Gasteiger partial charge in [-0.3, -0.25) is 9.59 Å². The van der Waals surface area contributed by atoms with Gasteiger partial charge in [0.25, 0.3) is 0 Å². The van der Waals surface area contributed by atoms with Gasteiger partial charge in [-0.1, -0.05) is 301 Å². The first-order valence-electron chi connectivity index (χ1n) is 31.6. The molecular formula is C64H123NO5. The number of hydrogen-bond donors (Lipinski definition) is 3. The monoisotopic (exact) mass is 986 g/mol. The number of amides is 1. The van der Waals surface area contributed by atoms with Gasteiger partial charge in [-0.15, -0.1) is 0 Å². The molecule has 70 heavy (non-hydrogen) atoms. The lowest BCUT2D eigenvalue weighted by molar-refractivity contribution is -0.143. The van der Waals surface area contributed by atoms with Crippen LogP contribution in [0.25, 0.3) is 0 Å². The van der Waals surface area contributed by atoms with Crippen molar-refractivity contribution in [3.05, 3.63) is 24.3 Å². The Labute approximate surface area is 437 Å². The molecule has 2 unspecified atom stereocenters. The van der Waals surface area contributed by atoms with Crippen molar-refractivity contribution in [2.45, 2.75) is 360 Å². The fourth-order valence-electron chi connectivity index (χ4n) is 9.91. The van der Waals surface area contributed by atoms with E-state index in [0.29, 0.717) is 25.9 Å². The minimum absolute atomic E-state index is 0.00844. The van der Waals surface area contributed by atoms with E-state index in [2.05, 4.69) is 43.5 Å². The van der Waals surface area contributed by atoms with Crippen molar-refractivity contribution in [3.8, 4) is 0 Å². The Hall–Kier alpha value is -1.66. The summed E-state index contributed by atoms with van der Waals surface area (Å²) >= 11 is 0. The topological polar surface area (TPSA) is 95.9 Å². The summed E-state index contributed by atoms with van der Waals surface area (Å²) in [4.78, 5) is 24.5. The zero-order valence-corrected chi connectivity index (χ0v) is 47.3. The number of ether oxygens (including phenoxy) is 1. The molecule has 0 aromatic heterocycles. The molecule has 0 radical (unpaired) electrons. The highest BCUT2D eigenvalue weighted by molar-refractivity contribution is 5.76. The molecule has 0 aliphatic heterocycles. The van der Waals surface area contributed by atoms with Crippen molar-refractivity contribution in [1.29, 1.82) is 0 Å². The fourth-order valence-corrected chi connectivity index (χ4v) is 9.91. The van der Waals surface area contributed by atoms with Crippen LogP contribution in [0.1, 0.15) is 348 Å². The van der Waals surface area contributed by atoms with Crippen LogP contribution in [0.5, 0.6) is 0 Å². The summed E-state index contributed by atoms with van der Waals surface area (Å²) in [7, 11) is 0. The molecule has 0 fully saturated rings. The first-order chi connectivity index (χ1) is 34.5. The van der Waals surface area contributed by atoms with Crippen LogP contribution in [0.15, 0.2) is 24.3 Å². The molecule has 414 valence electrons. The molecule has 0 aromatic carbocycles. The van der Waals surface area contributed by atoms with Crippen molar-refractivity contribution < 1.29 is 24.5 Å². The zero-order chi connectivity index (χ0) is 50.7. The molecule has 0 saturated heterocycles. The summed E-state index contributed by atoms with van der Waals surface area (Å²) in [5.41, 5.74) is 0. The Morgan fingerprint density at radius 1 is 0.400 bits per heavy atom. The molecule has 0 bridgehead atoms. The van der Waals surface area contributed by atoms with E-state index < -0.39 is 12.1 Å². The van der Waals surface area contributed by atoms with Crippen molar-refractivity contribution >= 4 is 11.9 Å². The molecule has 0 spiro atoms. The Bertz CT molecular complexity index is 1090. The van der Waals surface area contributed by atoms with Crippen LogP contribution < -0.4 is 5.32 Å². The third-order valence-corrected chi connectivity index (χ3v) is 14.8. The highest BCUT2D eigenvalue weighted by atomic mass is 16.5. The molecule has 3 N–H and O–H groups in total. The number of unbranched alkanes of at least 4 members (excludes halogenated alkanes) is 44. The molecular weight excluding hydrogens is 863 g/mol. The number of aliphatic hydroxyl groups excluding tert-OH is 2. The van der Waals surface area contributed by atoms with E-state index >= 15 is 0 Å². The van der Waals surface area contributed by atoms with Crippen molar-refractivity contribution in [3.63, 3.8) is 0 Å². The van der Waals surface area contributed by atoms with Gasteiger partial charge in [0.15, 0.2) is 0 Å². The molecule has 1 amide bonds. The van der Waals surface area contributed by atoms with E-state index in [-0.39, 0.29) is 18.5 Å². The second kappa shape index (κ2) is 59.9. The predicted octanol–water partition coefficient (Wildman–Crippen LogP) is 19.8. The standard InChI is InChI=1S/C64H123NO5/c1-3-5-7-9-11-13-15-16-17-18-28-31-34-38-42-46-50-54-58-64(69)70-59-55-51-47-43-39-35-32-29-26-24-22-20-19-21-23-25-27-30-33-37-41-45-49-53-57-63(68)65-61(60-66)62(67)56-52-48-44-40-36-14-12-10-8-6-4-2/h13,15,17-18,61-62,66-67H,3-12,14,16,19-60H2,1-2H3,(H,65,68)/b15-13-,18-17-. The van der Waals surface area contributed by atoms with Crippen LogP contribution in [-0.4, -0.2) is 47.4 Å². The molecule has 6 heteroatoms. The Morgan fingerprint density at radius 2 is 0.714 bits per heavy atom. The molecule has 0 heterocycles. The van der Waals surface area contributed by atoms with Crippen LogP contribution in [-0.2, 0) is 14.3 Å². The van der Waals surface area contributed by atoms with Gasteiger partial charge in [0.2, 0.25) is 5.91 Å². The van der Waals surface area contributed by atoms with Crippen molar-refractivity contribution in [2.75, 3.05) is 13.2 Å². The van der Waals surface area contributed by atoms with Crippen LogP contribution >= 0.6 is 0 Å². The minimum atomic E-state index is -0.662. The van der Waals surface area contributed by atoms with Gasteiger partial charge in [-0.25, -0.2) is 0 Å². The summed E-state index contributed by atoms with van der Waals surface area (Å²) in [6.45, 7) is 4.94. The lowest BCUT2D eigenvalue weighted by atomic mass is 10.0. The molecule has 0 saturated carbocycles. The number of aliphatic hydroxyl groups is 2. The van der Waals surface area contributed by atoms with Crippen LogP contribution in [0.2, 0.25) is 0 Å². The molecule has 0 aliphatic rings. The van der Waals surface area contributed by atoms with Gasteiger partial charge in [-0.05, 0) is 57.8 Å². The van der Waals surface area contributed by atoms with E-state index in [0.717, 1.165) is 51.4 Å². The number of allylic oxidation sites excluding steroid dienone is 4. The Morgan fingerprint density at radius 3 is 1.10 bits per heavy atom. The van der Waals surface area contributed by atoms with Gasteiger partial charge in [-0.2, -0.15) is 0 Å². The fraction of sp³-hybridized carbons (Fsp3) is 0.906. The largest absolute Gasteiger partial charge is 0.466 e. The van der Waals surface area contributed by atoms with Crippen LogP contribution in [0.3, 0.4) is 0 Å². The Kier molecular flexibility index (Phi) is 58.5. The van der Waals surface area contributed by atoms with Crippen LogP contribution in [0.4, 0.5) is 0 Å². The quantitative estimate of drug-likeness (QED) is 0.0321. The van der Waals surface area contributed by atoms with E-state index in [1.807, 2.05) is 0 Å². The molecule has 0 aliphatic carbocycles. The normalized spacial score (nSPS) is 12.7. The first kappa shape index (κ1) is 68.3. The average Bonchev–Trinajstić information content (AvgIpc) is 3.36.